The molecule has 16 heavy (non-hydrogen) atoms. The lowest BCUT2D eigenvalue weighted by molar-refractivity contribution is 0.472. The number of nitrogens with zero attached hydrogens (tertiary/aromatic N) is 1. The van der Waals surface area contributed by atoms with Crippen molar-refractivity contribution in [1.82, 2.24) is 4.98 Å². The molecule has 0 spiro atoms. The second-order valence-corrected chi connectivity index (χ2v) is 5.44. The minimum absolute atomic E-state index is 0.567. The molecule has 0 radical (unpaired) electrons. The molecule has 1 fully saturated rings. The molecule has 3 nitrogen and oxygen atoms in total. The molecule has 88 valence electrons. The number of aromatic nitrogens is 1. The first-order chi connectivity index (χ1) is 7.78. The van der Waals surface area contributed by atoms with Crippen molar-refractivity contribution in [3.63, 3.8) is 0 Å². The fourth-order valence-corrected chi connectivity index (χ4v) is 2.93. The summed E-state index contributed by atoms with van der Waals surface area (Å²) in [5.41, 5.74) is 5.65. The Morgan fingerprint density at radius 3 is 2.69 bits per heavy atom. The molecule has 0 bridgehead atoms. The van der Waals surface area contributed by atoms with Crippen LogP contribution in [0.1, 0.15) is 25.7 Å². The van der Waals surface area contributed by atoms with Gasteiger partial charge in [-0.2, -0.15) is 11.8 Å². The van der Waals surface area contributed by atoms with Gasteiger partial charge >= 0.3 is 0 Å². The zero-order valence-electron chi connectivity index (χ0n) is 9.65. The molecular weight excluding hydrogens is 218 g/mol. The smallest absolute Gasteiger partial charge is 0.128 e. The van der Waals surface area contributed by atoms with Crippen molar-refractivity contribution in [1.29, 1.82) is 0 Å². The van der Waals surface area contributed by atoms with Crippen LogP contribution in [0.25, 0.3) is 0 Å². The Bertz CT molecular complexity index is 335. The van der Waals surface area contributed by atoms with Gasteiger partial charge in [0.15, 0.2) is 0 Å². The summed E-state index contributed by atoms with van der Waals surface area (Å²) in [6.45, 7) is 0. The van der Waals surface area contributed by atoms with Crippen LogP contribution in [0.3, 0.4) is 0 Å². The molecule has 1 aliphatic carbocycles. The van der Waals surface area contributed by atoms with Crippen molar-refractivity contribution in [2.75, 3.05) is 17.3 Å². The van der Waals surface area contributed by atoms with Gasteiger partial charge < -0.3 is 11.1 Å². The lowest BCUT2D eigenvalue weighted by Gasteiger charge is -2.28. The Balaban J connectivity index is 1.87. The van der Waals surface area contributed by atoms with E-state index in [1.54, 1.807) is 0 Å². The van der Waals surface area contributed by atoms with Crippen molar-refractivity contribution >= 4 is 23.4 Å². The van der Waals surface area contributed by atoms with E-state index in [1.807, 2.05) is 30.0 Å². The lowest BCUT2D eigenvalue weighted by Crippen LogP contribution is -2.27. The summed E-state index contributed by atoms with van der Waals surface area (Å²) in [6, 6.07) is 6.31. The molecule has 1 aromatic rings. The number of thioether (sulfide) groups is 1. The quantitative estimate of drug-likeness (QED) is 0.848. The second-order valence-electron chi connectivity index (χ2n) is 4.30. The summed E-state index contributed by atoms with van der Waals surface area (Å²) in [7, 11) is 0. The Hall–Kier alpha value is -0.900. The van der Waals surface area contributed by atoms with Crippen molar-refractivity contribution < 1.29 is 0 Å². The van der Waals surface area contributed by atoms with Crippen LogP contribution < -0.4 is 11.1 Å². The van der Waals surface area contributed by atoms with Gasteiger partial charge in [0.25, 0.3) is 0 Å². The first kappa shape index (κ1) is 11.6. The minimum atomic E-state index is 0.567. The highest BCUT2D eigenvalue weighted by atomic mass is 32.2. The van der Waals surface area contributed by atoms with E-state index in [9.17, 15) is 0 Å². The average Bonchev–Trinajstić information content (AvgIpc) is 2.30. The average molecular weight is 237 g/mol. The summed E-state index contributed by atoms with van der Waals surface area (Å²) >= 11 is 1.99. The van der Waals surface area contributed by atoms with E-state index in [2.05, 4.69) is 16.6 Å². The number of nitrogen functional groups attached to an aromatic ring is 1. The third-order valence-corrected chi connectivity index (χ3v) is 4.27. The predicted octanol–water partition coefficient (Wildman–Crippen LogP) is 2.75. The molecule has 2 rings (SSSR count). The molecule has 1 aliphatic rings. The summed E-state index contributed by atoms with van der Waals surface area (Å²) in [4.78, 5) is 4.27. The number of rotatable bonds is 3. The van der Waals surface area contributed by atoms with Crippen molar-refractivity contribution in [3.8, 4) is 0 Å². The molecule has 0 atom stereocenters. The summed E-state index contributed by atoms with van der Waals surface area (Å²) in [5, 5.41) is 4.32. The van der Waals surface area contributed by atoms with Gasteiger partial charge in [-0.1, -0.05) is 6.07 Å². The standard InChI is InChI=1S/C12H19N3S/c1-16-10-7-5-9(6-8-10)14-12-4-2-3-11(13)15-12/h2-4,9-10H,5-8H2,1H3,(H3,13,14,15). The van der Waals surface area contributed by atoms with Gasteiger partial charge in [0, 0.05) is 11.3 Å². The van der Waals surface area contributed by atoms with E-state index in [0.29, 0.717) is 11.9 Å². The van der Waals surface area contributed by atoms with E-state index >= 15 is 0 Å². The molecule has 1 saturated carbocycles. The van der Waals surface area contributed by atoms with E-state index in [4.69, 9.17) is 5.73 Å². The van der Waals surface area contributed by atoms with Gasteiger partial charge in [-0.3, -0.25) is 0 Å². The summed E-state index contributed by atoms with van der Waals surface area (Å²) < 4.78 is 0. The molecule has 0 aromatic carbocycles. The van der Waals surface area contributed by atoms with E-state index < -0.39 is 0 Å². The van der Waals surface area contributed by atoms with Crippen LogP contribution in [0.4, 0.5) is 11.6 Å². The van der Waals surface area contributed by atoms with E-state index in [-0.39, 0.29) is 0 Å². The van der Waals surface area contributed by atoms with Gasteiger partial charge in [-0.25, -0.2) is 4.98 Å². The van der Waals surface area contributed by atoms with Crippen molar-refractivity contribution in [2.24, 2.45) is 0 Å². The largest absolute Gasteiger partial charge is 0.384 e. The third kappa shape index (κ3) is 3.04. The van der Waals surface area contributed by atoms with Gasteiger partial charge in [0.05, 0.1) is 0 Å². The number of anilines is 2. The highest BCUT2D eigenvalue weighted by Crippen LogP contribution is 2.28. The molecule has 0 saturated heterocycles. The zero-order chi connectivity index (χ0) is 11.4. The maximum atomic E-state index is 5.65. The predicted molar refractivity (Wildman–Crippen MR) is 71.8 cm³/mol. The highest BCUT2D eigenvalue weighted by Gasteiger charge is 2.20. The Morgan fingerprint density at radius 1 is 1.31 bits per heavy atom. The van der Waals surface area contributed by atoms with E-state index in [0.717, 1.165) is 11.1 Å². The number of nitrogens with two attached hydrogens (primary N) is 1. The molecule has 0 unspecified atom stereocenters. The normalized spacial score (nSPS) is 25.3. The topological polar surface area (TPSA) is 50.9 Å². The van der Waals surface area contributed by atoms with Crippen LogP contribution in [0.2, 0.25) is 0 Å². The highest BCUT2D eigenvalue weighted by molar-refractivity contribution is 7.99. The SMILES string of the molecule is CSC1CCC(Nc2cccc(N)n2)CC1. The first-order valence-corrected chi connectivity index (χ1v) is 7.08. The van der Waals surface area contributed by atoms with Crippen molar-refractivity contribution in [3.05, 3.63) is 18.2 Å². The van der Waals surface area contributed by atoms with Gasteiger partial charge in [0.1, 0.15) is 11.6 Å². The first-order valence-electron chi connectivity index (χ1n) is 5.80. The molecular formula is C12H19N3S. The number of hydrogen-bond donors (Lipinski definition) is 2. The number of pyridine rings is 1. The van der Waals surface area contributed by atoms with Crippen molar-refractivity contribution in [2.45, 2.75) is 37.0 Å². The molecule has 0 aliphatic heterocycles. The third-order valence-electron chi connectivity index (χ3n) is 3.13. The van der Waals surface area contributed by atoms with Crippen LogP contribution in [0.15, 0.2) is 18.2 Å². The Morgan fingerprint density at radius 2 is 2.06 bits per heavy atom. The summed E-state index contributed by atoms with van der Waals surface area (Å²) in [6.07, 6.45) is 7.30. The fourth-order valence-electron chi connectivity index (χ4n) is 2.18. The van der Waals surface area contributed by atoms with Crippen LogP contribution in [0.5, 0.6) is 0 Å². The number of hydrogen-bond acceptors (Lipinski definition) is 4. The van der Waals surface area contributed by atoms with Gasteiger partial charge in [-0.05, 0) is 44.1 Å². The monoisotopic (exact) mass is 237 g/mol. The fraction of sp³-hybridized carbons (Fsp3) is 0.583. The number of nitrogens with one attached hydrogen (secondary N) is 1. The maximum absolute atomic E-state index is 5.65. The maximum Gasteiger partial charge on any atom is 0.128 e. The van der Waals surface area contributed by atoms with Gasteiger partial charge in [-0.15, -0.1) is 0 Å². The summed E-state index contributed by atoms with van der Waals surface area (Å²) in [5.74, 6) is 1.50. The molecule has 4 heteroatoms. The van der Waals surface area contributed by atoms with E-state index in [1.165, 1.54) is 25.7 Å². The van der Waals surface area contributed by atoms with Crippen LogP contribution in [-0.4, -0.2) is 22.5 Å². The van der Waals surface area contributed by atoms with Crippen LogP contribution >= 0.6 is 11.8 Å². The van der Waals surface area contributed by atoms with Crippen LogP contribution in [-0.2, 0) is 0 Å². The lowest BCUT2D eigenvalue weighted by atomic mass is 9.95. The minimum Gasteiger partial charge on any atom is -0.384 e. The van der Waals surface area contributed by atoms with Gasteiger partial charge in [0.2, 0.25) is 0 Å². The zero-order valence-corrected chi connectivity index (χ0v) is 10.5. The van der Waals surface area contributed by atoms with Crippen LogP contribution in [0, 0.1) is 0 Å². The molecule has 3 N–H and O–H groups in total. The molecule has 1 aromatic heterocycles. The Kier molecular flexibility index (Phi) is 3.93. The molecule has 1 heterocycles. The Labute approximate surface area is 101 Å². The second kappa shape index (κ2) is 5.43. The molecule has 0 amide bonds.